The molecule has 0 aromatic heterocycles. The molecule has 8 heteroatoms. The molecule has 2 aromatic carbocycles. The molecule has 0 aliphatic heterocycles. The first-order chi connectivity index (χ1) is 11.3. The molecule has 0 atom stereocenters. The van der Waals surface area contributed by atoms with Gasteiger partial charge in [0.15, 0.2) is 0 Å². The number of rotatable bonds is 6. The Kier molecular flexibility index (Phi) is 6.10. The van der Waals surface area contributed by atoms with Crippen molar-refractivity contribution in [1.82, 2.24) is 5.32 Å². The van der Waals surface area contributed by atoms with Crippen LogP contribution in [0.1, 0.15) is 5.56 Å². The highest BCUT2D eigenvalue weighted by Gasteiger charge is 2.21. The number of nitrogens with zero attached hydrogens (tertiary/aromatic N) is 1. The van der Waals surface area contributed by atoms with Gasteiger partial charge in [-0.05, 0) is 23.8 Å². The van der Waals surface area contributed by atoms with Gasteiger partial charge in [-0.1, -0.05) is 53.5 Å². The Bertz CT molecular complexity index is 826. The van der Waals surface area contributed by atoms with E-state index in [0.29, 0.717) is 11.6 Å². The highest BCUT2D eigenvalue weighted by molar-refractivity contribution is 7.92. The predicted molar refractivity (Wildman–Crippen MR) is 96.9 cm³/mol. The molecule has 2 rings (SSSR count). The second kappa shape index (κ2) is 7.88. The summed E-state index contributed by atoms with van der Waals surface area (Å²) in [7, 11) is -3.65. The summed E-state index contributed by atoms with van der Waals surface area (Å²) in [6.07, 6.45) is 1.03. The Morgan fingerprint density at radius 2 is 1.75 bits per heavy atom. The molecule has 24 heavy (non-hydrogen) atoms. The molecule has 0 saturated heterocycles. The minimum Gasteiger partial charge on any atom is -0.350 e. The van der Waals surface area contributed by atoms with E-state index in [-0.39, 0.29) is 17.3 Å². The Balaban J connectivity index is 2.11. The molecular formula is C16H16Cl2N2O3S. The minimum atomic E-state index is -3.65. The van der Waals surface area contributed by atoms with E-state index in [1.807, 2.05) is 30.3 Å². The van der Waals surface area contributed by atoms with Crippen molar-refractivity contribution in [2.45, 2.75) is 6.54 Å². The molecule has 0 saturated carbocycles. The van der Waals surface area contributed by atoms with Gasteiger partial charge in [-0.2, -0.15) is 0 Å². The lowest BCUT2D eigenvalue weighted by molar-refractivity contribution is -0.119. The zero-order valence-corrected chi connectivity index (χ0v) is 15.2. The van der Waals surface area contributed by atoms with E-state index in [2.05, 4.69) is 5.32 Å². The average molecular weight is 387 g/mol. The average Bonchev–Trinajstić information content (AvgIpc) is 2.53. The van der Waals surface area contributed by atoms with Gasteiger partial charge in [0.2, 0.25) is 15.9 Å². The van der Waals surface area contributed by atoms with Gasteiger partial charge in [0, 0.05) is 6.54 Å². The van der Waals surface area contributed by atoms with Crippen molar-refractivity contribution in [2.24, 2.45) is 0 Å². The molecule has 0 radical (unpaired) electrons. The van der Waals surface area contributed by atoms with E-state index in [4.69, 9.17) is 23.2 Å². The van der Waals surface area contributed by atoms with Crippen LogP contribution in [-0.4, -0.2) is 27.1 Å². The maximum absolute atomic E-state index is 12.1. The molecule has 0 aliphatic rings. The van der Waals surface area contributed by atoms with Crippen molar-refractivity contribution in [2.75, 3.05) is 17.1 Å². The SMILES string of the molecule is CS(=O)(=O)N(CC(=O)NCc1ccccc1)c1ccc(Cl)c(Cl)c1. The zero-order valence-electron chi connectivity index (χ0n) is 12.9. The normalized spacial score (nSPS) is 11.1. The van der Waals surface area contributed by atoms with E-state index in [1.54, 1.807) is 0 Å². The Morgan fingerprint density at radius 1 is 1.08 bits per heavy atom. The van der Waals surface area contributed by atoms with E-state index in [1.165, 1.54) is 18.2 Å². The largest absolute Gasteiger partial charge is 0.350 e. The van der Waals surface area contributed by atoms with Crippen LogP contribution in [0, 0.1) is 0 Å². The number of carbonyl (C=O) groups excluding carboxylic acids is 1. The fourth-order valence-corrected chi connectivity index (χ4v) is 3.16. The Hall–Kier alpha value is -1.76. The monoisotopic (exact) mass is 386 g/mol. The highest BCUT2D eigenvalue weighted by atomic mass is 35.5. The van der Waals surface area contributed by atoms with Gasteiger partial charge in [0.1, 0.15) is 6.54 Å². The van der Waals surface area contributed by atoms with E-state index < -0.39 is 15.9 Å². The summed E-state index contributed by atoms with van der Waals surface area (Å²) < 4.78 is 25.0. The lowest BCUT2D eigenvalue weighted by Crippen LogP contribution is -2.40. The van der Waals surface area contributed by atoms with Crippen molar-refractivity contribution in [3.63, 3.8) is 0 Å². The van der Waals surface area contributed by atoms with Crippen LogP contribution in [0.3, 0.4) is 0 Å². The number of hydrogen-bond acceptors (Lipinski definition) is 3. The summed E-state index contributed by atoms with van der Waals surface area (Å²) >= 11 is 11.8. The molecule has 2 aromatic rings. The van der Waals surface area contributed by atoms with Crippen LogP contribution < -0.4 is 9.62 Å². The fourth-order valence-electron chi connectivity index (χ4n) is 2.02. The van der Waals surface area contributed by atoms with Crippen LogP contribution in [0.2, 0.25) is 10.0 Å². The number of sulfonamides is 1. The lowest BCUT2D eigenvalue weighted by atomic mass is 10.2. The van der Waals surface area contributed by atoms with Crippen LogP contribution in [0.25, 0.3) is 0 Å². The number of benzene rings is 2. The van der Waals surface area contributed by atoms with Crippen LogP contribution in [0.15, 0.2) is 48.5 Å². The number of nitrogens with one attached hydrogen (secondary N) is 1. The number of amides is 1. The fraction of sp³-hybridized carbons (Fsp3) is 0.188. The third-order valence-electron chi connectivity index (χ3n) is 3.21. The van der Waals surface area contributed by atoms with Crippen molar-refractivity contribution in [3.05, 3.63) is 64.1 Å². The molecule has 128 valence electrons. The molecular weight excluding hydrogens is 371 g/mol. The van der Waals surface area contributed by atoms with Crippen LogP contribution in [0.4, 0.5) is 5.69 Å². The minimum absolute atomic E-state index is 0.215. The summed E-state index contributed by atoms with van der Waals surface area (Å²) in [5.74, 6) is -0.421. The van der Waals surface area contributed by atoms with E-state index in [9.17, 15) is 13.2 Å². The number of anilines is 1. The zero-order chi connectivity index (χ0) is 17.7. The highest BCUT2D eigenvalue weighted by Crippen LogP contribution is 2.28. The standard InChI is InChI=1S/C16H16Cl2N2O3S/c1-24(22,23)20(13-7-8-14(17)15(18)9-13)11-16(21)19-10-12-5-3-2-4-6-12/h2-9H,10-11H2,1H3,(H,19,21). The summed E-state index contributed by atoms with van der Waals surface area (Å²) in [6, 6.07) is 13.7. The summed E-state index contributed by atoms with van der Waals surface area (Å²) in [5, 5.41) is 3.22. The smallest absolute Gasteiger partial charge is 0.241 e. The third-order valence-corrected chi connectivity index (χ3v) is 5.09. The first-order valence-corrected chi connectivity index (χ1v) is 9.61. The number of halogens is 2. The summed E-state index contributed by atoms with van der Waals surface area (Å²) in [4.78, 5) is 12.1. The quantitative estimate of drug-likeness (QED) is 0.829. The van der Waals surface area contributed by atoms with Gasteiger partial charge >= 0.3 is 0 Å². The maximum atomic E-state index is 12.1. The predicted octanol–water partition coefficient (Wildman–Crippen LogP) is 3.08. The molecule has 0 unspecified atom stereocenters. The molecule has 0 heterocycles. The molecule has 5 nitrogen and oxygen atoms in total. The van der Waals surface area contributed by atoms with Gasteiger partial charge in [-0.15, -0.1) is 0 Å². The molecule has 0 bridgehead atoms. The van der Waals surface area contributed by atoms with Gasteiger partial charge in [-0.25, -0.2) is 8.42 Å². The molecule has 0 aliphatic carbocycles. The number of hydrogen-bond donors (Lipinski definition) is 1. The second-order valence-corrected chi connectivity index (χ2v) is 7.85. The van der Waals surface area contributed by atoms with Crippen LogP contribution >= 0.6 is 23.2 Å². The first-order valence-electron chi connectivity index (χ1n) is 7.01. The lowest BCUT2D eigenvalue weighted by Gasteiger charge is -2.22. The van der Waals surface area contributed by atoms with Crippen molar-refractivity contribution in [1.29, 1.82) is 0 Å². The summed E-state index contributed by atoms with van der Waals surface area (Å²) in [6.45, 7) is -0.0255. The van der Waals surface area contributed by atoms with Crippen molar-refractivity contribution >= 4 is 44.8 Å². The van der Waals surface area contributed by atoms with Crippen LogP contribution in [0.5, 0.6) is 0 Å². The summed E-state index contributed by atoms with van der Waals surface area (Å²) in [5.41, 5.74) is 1.20. The van der Waals surface area contributed by atoms with Gasteiger partial charge < -0.3 is 5.32 Å². The van der Waals surface area contributed by atoms with Gasteiger partial charge in [0.25, 0.3) is 0 Å². The maximum Gasteiger partial charge on any atom is 0.241 e. The molecule has 0 fully saturated rings. The van der Waals surface area contributed by atoms with E-state index in [0.717, 1.165) is 16.1 Å². The van der Waals surface area contributed by atoms with Gasteiger partial charge in [-0.3, -0.25) is 9.10 Å². The third kappa shape index (κ3) is 5.12. The van der Waals surface area contributed by atoms with Crippen molar-refractivity contribution in [3.8, 4) is 0 Å². The second-order valence-electron chi connectivity index (χ2n) is 5.13. The number of carbonyl (C=O) groups is 1. The Morgan fingerprint density at radius 3 is 2.33 bits per heavy atom. The molecule has 1 N–H and O–H groups in total. The van der Waals surface area contributed by atoms with Crippen LogP contribution in [-0.2, 0) is 21.4 Å². The van der Waals surface area contributed by atoms with Gasteiger partial charge in [0.05, 0.1) is 22.0 Å². The molecule has 0 spiro atoms. The first kappa shape index (κ1) is 18.6. The van der Waals surface area contributed by atoms with E-state index >= 15 is 0 Å². The molecule has 1 amide bonds. The topological polar surface area (TPSA) is 66.5 Å². The Labute approximate surface area is 151 Å². The van der Waals surface area contributed by atoms with Crippen molar-refractivity contribution < 1.29 is 13.2 Å².